The summed E-state index contributed by atoms with van der Waals surface area (Å²) in [6.07, 6.45) is 1.92. The first kappa shape index (κ1) is 19.3. The molecule has 1 fully saturated rings. The highest BCUT2D eigenvalue weighted by Gasteiger charge is 2.32. The molecule has 0 aromatic carbocycles. The van der Waals surface area contributed by atoms with E-state index >= 15 is 0 Å². The molecule has 1 aliphatic rings. The smallest absolute Gasteiger partial charge is 0.255 e. The Bertz CT molecular complexity index is 1000. The Kier molecular flexibility index (Phi) is 5.20. The lowest BCUT2D eigenvalue weighted by molar-refractivity contribution is 0.0764. The monoisotopic (exact) mass is 393 g/mol. The van der Waals surface area contributed by atoms with Crippen LogP contribution in [0.4, 0.5) is 0 Å². The van der Waals surface area contributed by atoms with E-state index < -0.39 is 10.0 Å². The van der Waals surface area contributed by atoms with Crippen LogP contribution < -0.4 is 5.56 Å². The maximum atomic E-state index is 13.1. The minimum atomic E-state index is -3.68. The molecule has 9 nitrogen and oxygen atoms in total. The van der Waals surface area contributed by atoms with Gasteiger partial charge in [0.25, 0.3) is 5.91 Å². The molecule has 2 aromatic rings. The first-order chi connectivity index (χ1) is 12.7. The molecular formula is C17H23N5O4S. The lowest BCUT2D eigenvalue weighted by atomic mass is 10.2. The standard InChI is InChI=1S/C17H23N5O4S/c1-12-16(13(2)20(3)19-12)27(25,26)22-8-4-7-21(9-10-22)17(24)14-5-6-15(23)18-11-14/h5-6,11H,4,7-10H2,1-3H3,(H,18,23). The number of amides is 1. The number of pyridine rings is 1. The highest BCUT2D eigenvalue weighted by atomic mass is 32.2. The first-order valence-electron chi connectivity index (χ1n) is 8.70. The summed E-state index contributed by atoms with van der Waals surface area (Å²) in [4.78, 5) is 28.1. The van der Waals surface area contributed by atoms with Crippen molar-refractivity contribution in [2.24, 2.45) is 7.05 Å². The zero-order valence-electron chi connectivity index (χ0n) is 15.6. The average Bonchev–Trinajstić information content (AvgIpc) is 2.81. The predicted octanol–water partition coefficient (Wildman–Crippen LogP) is 0.262. The number of hydrogen-bond acceptors (Lipinski definition) is 5. The number of aromatic nitrogens is 3. The van der Waals surface area contributed by atoms with Crippen molar-refractivity contribution in [1.82, 2.24) is 24.0 Å². The van der Waals surface area contributed by atoms with Crippen LogP contribution in [0.1, 0.15) is 28.2 Å². The van der Waals surface area contributed by atoms with Crippen LogP contribution in [-0.2, 0) is 17.1 Å². The van der Waals surface area contributed by atoms with Gasteiger partial charge in [0, 0.05) is 45.5 Å². The molecule has 3 heterocycles. The van der Waals surface area contributed by atoms with Crippen LogP contribution in [0, 0.1) is 13.8 Å². The van der Waals surface area contributed by atoms with Crippen molar-refractivity contribution in [3.63, 3.8) is 0 Å². The Morgan fingerprint density at radius 3 is 2.48 bits per heavy atom. The van der Waals surface area contributed by atoms with E-state index in [9.17, 15) is 18.0 Å². The summed E-state index contributed by atoms with van der Waals surface area (Å²) in [5, 5.41) is 4.20. The van der Waals surface area contributed by atoms with Gasteiger partial charge in [-0.25, -0.2) is 8.42 Å². The number of aryl methyl sites for hydroxylation is 2. The van der Waals surface area contributed by atoms with Crippen molar-refractivity contribution >= 4 is 15.9 Å². The number of hydrogen-bond donors (Lipinski definition) is 1. The average molecular weight is 393 g/mol. The number of rotatable bonds is 3. The third kappa shape index (κ3) is 3.67. The molecule has 146 valence electrons. The minimum absolute atomic E-state index is 0.213. The van der Waals surface area contributed by atoms with Crippen molar-refractivity contribution in [2.75, 3.05) is 26.2 Å². The summed E-state index contributed by atoms with van der Waals surface area (Å²) in [5.41, 5.74) is 1.17. The molecule has 1 amide bonds. The number of sulfonamides is 1. The number of H-pyrrole nitrogens is 1. The molecule has 1 aliphatic heterocycles. The topological polar surface area (TPSA) is 108 Å². The fraction of sp³-hybridized carbons (Fsp3) is 0.471. The van der Waals surface area contributed by atoms with Gasteiger partial charge in [0.1, 0.15) is 4.90 Å². The van der Waals surface area contributed by atoms with E-state index in [1.807, 2.05) is 0 Å². The van der Waals surface area contributed by atoms with Crippen LogP contribution in [0.2, 0.25) is 0 Å². The van der Waals surface area contributed by atoms with Crippen LogP contribution in [0.25, 0.3) is 0 Å². The van der Waals surface area contributed by atoms with Gasteiger partial charge in [-0.3, -0.25) is 14.3 Å². The molecular weight excluding hydrogens is 370 g/mol. The second-order valence-electron chi connectivity index (χ2n) is 6.61. The van der Waals surface area contributed by atoms with Crippen LogP contribution in [0.15, 0.2) is 28.0 Å². The van der Waals surface area contributed by atoms with Gasteiger partial charge in [-0.15, -0.1) is 0 Å². The van der Waals surface area contributed by atoms with E-state index in [2.05, 4.69) is 10.1 Å². The fourth-order valence-electron chi connectivity index (χ4n) is 3.32. The number of carbonyl (C=O) groups excluding carboxylic acids is 1. The summed E-state index contributed by atoms with van der Waals surface area (Å²) in [6, 6.07) is 2.78. The van der Waals surface area contributed by atoms with E-state index in [0.29, 0.717) is 36.5 Å². The zero-order valence-corrected chi connectivity index (χ0v) is 16.4. The van der Waals surface area contributed by atoms with Crippen LogP contribution in [0.3, 0.4) is 0 Å². The molecule has 2 aromatic heterocycles. The highest BCUT2D eigenvalue weighted by molar-refractivity contribution is 7.89. The SMILES string of the molecule is Cc1nn(C)c(C)c1S(=O)(=O)N1CCCN(C(=O)c2ccc(=O)[nH]c2)CC1. The second kappa shape index (κ2) is 7.28. The number of carbonyl (C=O) groups is 1. The van der Waals surface area contributed by atoms with Crippen LogP contribution in [-0.4, -0.2) is 64.5 Å². The van der Waals surface area contributed by atoms with Crippen molar-refractivity contribution in [1.29, 1.82) is 0 Å². The Labute approximate surface area is 157 Å². The highest BCUT2D eigenvalue weighted by Crippen LogP contribution is 2.24. The summed E-state index contributed by atoms with van der Waals surface area (Å²) >= 11 is 0. The Balaban J connectivity index is 1.79. The molecule has 0 bridgehead atoms. The van der Waals surface area contributed by atoms with Crippen molar-refractivity contribution in [2.45, 2.75) is 25.2 Å². The molecule has 0 aliphatic carbocycles. The molecule has 0 saturated carbocycles. The molecule has 27 heavy (non-hydrogen) atoms. The summed E-state index contributed by atoms with van der Waals surface area (Å²) in [5.74, 6) is -0.223. The van der Waals surface area contributed by atoms with Gasteiger partial charge in [0.15, 0.2) is 0 Å². The molecule has 0 radical (unpaired) electrons. The molecule has 1 saturated heterocycles. The first-order valence-corrected chi connectivity index (χ1v) is 10.1. The predicted molar refractivity (Wildman–Crippen MR) is 99.0 cm³/mol. The van der Waals surface area contributed by atoms with Gasteiger partial charge >= 0.3 is 0 Å². The Hall–Kier alpha value is -2.46. The Morgan fingerprint density at radius 1 is 1.15 bits per heavy atom. The fourth-order valence-corrected chi connectivity index (χ4v) is 5.19. The van der Waals surface area contributed by atoms with Crippen LogP contribution in [0.5, 0.6) is 0 Å². The van der Waals surface area contributed by atoms with Crippen molar-refractivity contribution < 1.29 is 13.2 Å². The summed E-state index contributed by atoms with van der Waals surface area (Å²) < 4.78 is 29.2. The zero-order chi connectivity index (χ0) is 19.8. The molecule has 3 rings (SSSR count). The molecule has 0 atom stereocenters. The summed E-state index contributed by atoms with van der Waals surface area (Å²) in [7, 11) is -1.96. The number of nitrogens with one attached hydrogen (secondary N) is 1. The quantitative estimate of drug-likeness (QED) is 0.805. The van der Waals surface area contributed by atoms with Gasteiger partial charge in [-0.05, 0) is 26.3 Å². The normalized spacial score (nSPS) is 16.3. The third-order valence-corrected chi connectivity index (χ3v) is 6.97. The Morgan fingerprint density at radius 2 is 1.89 bits per heavy atom. The lowest BCUT2D eigenvalue weighted by Crippen LogP contribution is -2.37. The van der Waals surface area contributed by atoms with E-state index in [1.165, 1.54) is 22.6 Å². The van der Waals surface area contributed by atoms with E-state index in [4.69, 9.17) is 0 Å². The van der Waals surface area contributed by atoms with Gasteiger partial charge in [-0.2, -0.15) is 9.40 Å². The van der Waals surface area contributed by atoms with Crippen LogP contribution >= 0.6 is 0 Å². The third-order valence-electron chi connectivity index (χ3n) is 4.81. The largest absolute Gasteiger partial charge is 0.337 e. The number of aromatic amines is 1. The maximum Gasteiger partial charge on any atom is 0.255 e. The molecule has 0 unspecified atom stereocenters. The molecule has 1 N–H and O–H groups in total. The molecule has 10 heteroatoms. The second-order valence-corrected chi connectivity index (χ2v) is 8.49. The maximum absolute atomic E-state index is 13.1. The summed E-state index contributed by atoms with van der Waals surface area (Å²) in [6.45, 7) is 4.71. The van der Waals surface area contributed by atoms with E-state index in [1.54, 1.807) is 30.5 Å². The van der Waals surface area contributed by atoms with E-state index in [0.717, 1.165) is 0 Å². The number of nitrogens with zero attached hydrogens (tertiary/aromatic N) is 4. The van der Waals surface area contributed by atoms with Gasteiger partial charge in [0.05, 0.1) is 17.0 Å². The van der Waals surface area contributed by atoms with Gasteiger partial charge in [-0.1, -0.05) is 0 Å². The van der Waals surface area contributed by atoms with Gasteiger partial charge < -0.3 is 9.88 Å². The minimum Gasteiger partial charge on any atom is -0.337 e. The van der Waals surface area contributed by atoms with Crippen molar-refractivity contribution in [3.05, 3.63) is 45.6 Å². The van der Waals surface area contributed by atoms with E-state index in [-0.39, 0.29) is 29.5 Å². The van der Waals surface area contributed by atoms with Crippen molar-refractivity contribution in [3.8, 4) is 0 Å². The molecule has 0 spiro atoms. The lowest BCUT2D eigenvalue weighted by Gasteiger charge is -2.22. The van der Waals surface area contributed by atoms with Gasteiger partial charge in [0.2, 0.25) is 15.6 Å².